The molecule has 0 N–H and O–H groups in total. The van der Waals surface area contributed by atoms with Crippen molar-refractivity contribution in [3.8, 4) is 0 Å². The van der Waals surface area contributed by atoms with Crippen molar-refractivity contribution in [2.45, 2.75) is 303 Å². The van der Waals surface area contributed by atoms with Gasteiger partial charge in [0, 0.05) is 19.3 Å². The zero-order chi connectivity index (χ0) is 53.6. The maximum absolute atomic E-state index is 12.8. The molecular formula is C68H116O6. The smallest absolute Gasteiger partial charge is 0.306 e. The number of unbranched alkanes of at least 4 members (excludes halogenated alkanes) is 29. The van der Waals surface area contributed by atoms with Gasteiger partial charge in [-0.25, -0.2) is 0 Å². The summed E-state index contributed by atoms with van der Waals surface area (Å²) in [5, 5.41) is 0. The lowest BCUT2D eigenvalue weighted by atomic mass is 10.0. The second-order valence-corrected chi connectivity index (χ2v) is 20.6. The number of carbonyl (C=O) groups is 3. The molecule has 0 heterocycles. The van der Waals surface area contributed by atoms with Crippen LogP contribution in [-0.2, 0) is 28.6 Å². The highest BCUT2D eigenvalue weighted by atomic mass is 16.6. The number of ether oxygens (including phenoxy) is 3. The second-order valence-electron chi connectivity index (χ2n) is 20.6. The predicted molar refractivity (Wildman–Crippen MR) is 320 cm³/mol. The molecule has 0 radical (unpaired) electrons. The largest absolute Gasteiger partial charge is 0.462 e. The van der Waals surface area contributed by atoms with Crippen LogP contribution in [0.3, 0.4) is 0 Å². The molecule has 424 valence electrons. The van der Waals surface area contributed by atoms with Crippen LogP contribution in [0, 0.1) is 0 Å². The van der Waals surface area contributed by atoms with Gasteiger partial charge in [-0.05, 0) is 103 Å². The summed E-state index contributed by atoms with van der Waals surface area (Å²) in [6.07, 6.45) is 83.0. The van der Waals surface area contributed by atoms with Crippen LogP contribution >= 0.6 is 0 Å². The third kappa shape index (κ3) is 59.2. The standard InChI is InChI=1S/C68H116O6/c1-4-7-10-13-16-18-20-22-24-26-28-30-31-32-33-34-35-36-37-39-40-42-44-46-48-50-52-55-58-61-67(70)73-64-65(63-72-66(69)60-57-54-15-12-9-6-3)74-68(71)62-59-56-53-51-49-47-45-43-41-38-29-27-25-23-21-19-17-14-11-8-5-2/h8,11,17,19-20,22-23,25-26,28-29,31-32,38,43,45,65H,4-7,9-10,12-16,18,21,24,27,30,33-37,39-42,44,46-64H2,1-3H3/b11-8-,19-17-,22-20-,25-23-,28-26-,32-31-,38-29-,45-43-. The van der Waals surface area contributed by atoms with E-state index in [2.05, 4.69) is 118 Å². The molecule has 1 atom stereocenters. The van der Waals surface area contributed by atoms with Gasteiger partial charge in [0.05, 0.1) is 0 Å². The molecule has 0 aliphatic rings. The van der Waals surface area contributed by atoms with E-state index in [1.54, 1.807) is 0 Å². The molecule has 0 spiro atoms. The Morgan fingerprint density at radius 2 is 0.527 bits per heavy atom. The lowest BCUT2D eigenvalue weighted by Gasteiger charge is -2.18. The first-order chi connectivity index (χ1) is 36.5. The maximum atomic E-state index is 12.8. The number of allylic oxidation sites excluding steroid dienone is 16. The fraction of sp³-hybridized carbons (Fsp3) is 0.721. The number of hydrogen-bond donors (Lipinski definition) is 0. The van der Waals surface area contributed by atoms with E-state index in [0.717, 1.165) is 122 Å². The topological polar surface area (TPSA) is 78.9 Å². The third-order valence-electron chi connectivity index (χ3n) is 13.3. The van der Waals surface area contributed by atoms with Crippen molar-refractivity contribution >= 4 is 17.9 Å². The number of hydrogen-bond acceptors (Lipinski definition) is 6. The molecule has 6 nitrogen and oxygen atoms in total. The SMILES string of the molecule is CC/C=C\C/C=C\C/C=C\C/C=C\C/C=C\CCCCCCCC(=O)OC(COC(=O)CCCCCCCC)COC(=O)CCCCCCCCCCCCCCCC/C=C\C/C=C\C/C=C\CCCCCCC. The molecule has 0 aromatic rings. The molecule has 0 bridgehead atoms. The Morgan fingerprint density at radius 3 is 0.824 bits per heavy atom. The van der Waals surface area contributed by atoms with Gasteiger partial charge < -0.3 is 14.2 Å². The Labute approximate surface area is 457 Å². The number of carbonyl (C=O) groups excluding carboxylic acids is 3. The average molecular weight is 1030 g/mol. The van der Waals surface area contributed by atoms with E-state index in [9.17, 15) is 14.4 Å². The van der Waals surface area contributed by atoms with E-state index in [-0.39, 0.29) is 31.1 Å². The molecule has 74 heavy (non-hydrogen) atoms. The molecule has 0 amide bonds. The highest BCUT2D eigenvalue weighted by Crippen LogP contribution is 2.16. The van der Waals surface area contributed by atoms with Gasteiger partial charge in [-0.3, -0.25) is 14.4 Å². The summed E-state index contributed by atoms with van der Waals surface area (Å²) in [5.41, 5.74) is 0. The number of esters is 3. The summed E-state index contributed by atoms with van der Waals surface area (Å²) < 4.78 is 16.8. The van der Waals surface area contributed by atoms with Crippen molar-refractivity contribution in [3.05, 3.63) is 97.2 Å². The molecule has 0 aliphatic heterocycles. The first kappa shape index (κ1) is 70.3. The average Bonchev–Trinajstić information content (AvgIpc) is 3.40. The van der Waals surface area contributed by atoms with Gasteiger partial charge in [-0.1, -0.05) is 272 Å². The minimum atomic E-state index is -0.786. The van der Waals surface area contributed by atoms with Gasteiger partial charge in [0.25, 0.3) is 0 Å². The highest BCUT2D eigenvalue weighted by molar-refractivity contribution is 5.71. The molecule has 0 aromatic heterocycles. The summed E-state index contributed by atoms with van der Waals surface area (Å²) >= 11 is 0. The van der Waals surface area contributed by atoms with Crippen molar-refractivity contribution in [1.82, 2.24) is 0 Å². The van der Waals surface area contributed by atoms with Crippen LogP contribution in [0.1, 0.15) is 297 Å². The predicted octanol–water partition coefficient (Wildman–Crippen LogP) is 21.3. The fourth-order valence-corrected chi connectivity index (χ4v) is 8.65. The molecule has 6 heteroatoms. The summed E-state index contributed by atoms with van der Waals surface area (Å²) in [6.45, 7) is 6.45. The zero-order valence-electron chi connectivity index (χ0n) is 48.6. The summed E-state index contributed by atoms with van der Waals surface area (Å²) in [4.78, 5) is 38.0. The molecule has 0 aliphatic carbocycles. The van der Waals surface area contributed by atoms with E-state index in [4.69, 9.17) is 14.2 Å². The maximum Gasteiger partial charge on any atom is 0.306 e. The lowest BCUT2D eigenvalue weighted by Crippen LogP contribution is -2.30. The third-order valence-corrected chi connectivity index (χ3v) is 13.3. The molecule has 0 rings (SSSR count). The Hall–Kier alpha value is -3.67. The molecular weight excluding hydrogens is 913 g/mol. The van der Waals surface area contributed by atoms with Crippen molar-refractivity contribution in [3.63, 3.8) is 0 Å². The summed E-state index contributed by atoms with van der Waals surface area (Å²) in [6, 6.07) is 0. The summed E-state index contributed by atoms with van der Waals surface area (Å²) in [5.74, 6) is -0.909. The Balaban J connectivity index is 4.11. The van der Waals surface area contributed by atoms with Crippen molar-refractivity contribution < 1.29 is 28.6 Å². The monoisotopic (exact) mass is 1030 g/mol. The van der Waals surface area contributed by atoms with Crippen LogP contribution in [0.2, 0.25) is 0 Å². The van der Waals surface area contributed by atoms with Crippen LogP contribution in [0.4, 0.5) is 0 Å². The number of rotatable bonds is 56. The molecule has 0 aromatic carbocycles. The zero-order valence-corrected chi connectivity index (χ0v) is 48.6. The molecule has 0 saturated heterocycles. The summed E-state index contributed by atoms with van der Waals surface area (Å²) in [7, 11) is 0. The van der Waals surface area contributed by atoms with Gasteiger partial charge >= 0.3 is 17.9 Å². The normalized spacial score (nSPS) is 12.7. The minimum absolute atomic E-state index is 0.0848. The minimum Gasteiger partial charge on any atom is -0.462 e. The molecule has 0 fully saturated rings. The van der Waals surface area contributed by atoms with E-state index in [1.807, 2.05) is 0 Å². The van der Waals surface area contributed by atoms with E-state index in [0.29, 0.717) is 19.3 Å². The van der Waals surface area contributed by atoms with Gasteiger partial charge in [0.15, 0.2) is 6.10 Å². The quantitative estimate of drug-likeness (QED) is 0.0261. The van der Waals surface area contributed by atoms with Crippen molar-refractivity contribution in [2.24, 2.45) is 0 Å². The van der Waals surface area contributed by atoms with Gasteiger partial charge in [0.1, 0.15) is 13.2 Å². The highest BCUT2D eigenvalue weighted by Gasteiger charge is 2.19. The van der Waals surface area contributed by atoms with E-state index in [1.165, 1.54) is 135 Å². The van der Waals surface area contributed by atoms with Crippen molar-refractivity contribution in [1.29, 1.82) is 0 Å². The first-order valence-corrected chi connectivity index (χ1v) is 31.2. The Kier molecular flexibility index (Phi) is 58.8. The lowest BCUT2D eigenvalue weighted by molar-refractivity contribution is -0.167. The van der Waals surface area contributed by atoms with Gasteiger partial charge in [-0.15, -0.1) is 0 Å². The second kappa shape index (κ2) is 61.9. The van der Waals surface area contributed by atoms with Crippen LogP contribution in [-0.4, -0.2) is 37.2 Å². The van der Waals surface area contributed by atoms with Crippen LogP contribution in [0.25, 0.3) is 0 Å². The Bertz CT molecular complexity index is 1460. The van der Waals surface area contributed by atoms with E-state index < -0.39 is 6.10 Å². The van der Waals surface area contributed by atoms with Crippen LogP contribution in [0.5, 0.6) is 0 Å². The van der Waals surface area contributed by atoms with E-state index >= 15 is 0 Å². The Morgan fingerprint density at radius 1 is 0.284 bits per heavy atom. The van der Waals surface area contributed by atoms with Crippen LogP contribution < -0.4 is 0 Å². The molecule has 0 saturated carbocycles. The van der Waals surface area contributed by atoms with Crippen LogP contribution in [0.15, 0.2) is 97.2 Å². The fourth-order valence-electron chi connectivity index (χ4n) is 8.65. The van der Waals surface area contributed by atoms with Gasteiger partial charge in [-0.2, -0.15) is 0 Å². The first-order valence-electron chi connectivity index (χ1n) is 31.2. The molecule has 1 unspecified atom stereocenters. The van der Waals surface area contributed by atoms with Crippen molar-refractivity contribution in [2.75, 3.05) is 13.2 Å². The van der Waals surface area contributed by atoms with Gasteiger partial charge in [0.2, 0.25) is 0 Å².